The first-order valence-corrected chi connectivity index (χ1v) is 41.2. The van der Waals surface area contributed by atoms with Crippen molar-refractivity contribution in [3.63, 3.8) is 0 Å². The molecule has 0 aromatic carbocycles. The van der Waals surface area contributed by atoms with Crippen molar-refractivity contribution in [1.29, 1.82) is 0 Å². The predicted octanol–water partition coefficient (Wildman–Crippen LogP) is 14.7. The highest BCUT2D eigenvalue weighted by molar-refractivity contribution is 7.91. The van der Waals surface area contributed by atoms with E-state index in [1.807, 2.05) is 55.4 Å². The number of carbonyl (C=O) groups excluding carboxylic acids is 8. The second-order valence-corrected chi connectivity index (χ2v) is 38.5. The van der Waals surface area contributed by atoms with Crippen LogP contribution >= 0.6 is 0 Å². The number of hydrogen-bond donors (Lipinski definition) is 4. The Balaban J connectivity index is 0.000000577. The van der Waals surface area contributed by atoms with E-state index in [9.17, 15) is 51.9 Å². The van der Waals surface area contributed by atoms with Crippen molar-refractivity contribution in [3.8, 4) is 0 Å². The average molecular weight is 1450 g/mol. The van der Waals surface area contributed by atoms with E-state index in [0.717, 1.165) is 110 Å². The fourth-order valence-corrected chi connectivity index (χ4v) is 16.6. The van der Waals surface area contributed by atoms with Crippen LogP contribution in [0.1, 0.15) is 301 Å². The molecule has 18 heteroatoms. The number of ether oxygens (including phenoxy) is 1. The molecule has 0 radical (unpaired) electrons. The second-order valence-electron chi connectivity index (χ2n) is 36.2. The molecule has 590 valence electrons. The molecule has 7 heterocycles. The summed E-state index contributed by atoms with van der Waals surface area (Å²) in [4.78, 5) is 95.7. The lowest BCUT2D eigenvalue weighted by molar-refractivity contribution is -0.137. The normalized spacial score (nSPS) is 25.4. The molecule has 0 amide bonds. The average Bonchev–Trinajstić information content (AvgIpc) is 0.861. The topological polar surface area (TPSA) is 243 Å². The Morgan fingerprint density at radius 1 is 0.376 bits per heavy atom. The minimum absolute atomic E-state index is 0.109. The van der Waals surface area contributed by atoms with Gasteiger partial charge < -0.3 is 35.6 Å². The van der Waals surface area contributed by atoms with Crippen molar-refractivity contribution in [1.82, 2.24) is 25.8 Å². The summed E-state index contributed by atoms with van der Waals surface area (Å²) in [6.07, 6.45) is 22.9. The molecule has 1 aliphatic carbocycles. The van der Waals surface area contributed by atoms with Crippen LogP contribution in [0.15, 0.2) is 0 Å². The van der Waals surface area contributed by atoms with E-state index in [-0.39, 0.29) is 90.3 Å². The van der Waals surface area contributed by atoms with Gasteiger partial charge in [0.05, 0.1) is 23.7 Å². The molecule has 101 heavy (non-hydrogen) atoms. The van der Waals surface area contributed by atoms with E-state index in [2.05, 4.69) is 95.2 Å². The van der Waals surface area contributed by atoms with Crippen LogP contribution < -0.4 is 16.0 Å². The monoisotopic (exact) mass is 1450 g/mol. The van der Waals surface area contributed by atoms with Crippen LogP contribution in [0.5, 0.6) is 0 Å². The number of hydrogen-bond acceptors (Lipinski definition) is 17. The highest BCUT2D eigenvalue weighted by atomic mass is 32.2. The molecule has 0 bridgehead atoms. The largest absolute Gasteiger partial charge is 0.393 e. The Labute approximate surface area is 618 Å². The number of nitrogens with zero attached hydrogens (tertiary/aromatic N) is 2. The summed E-state index contributed by atoms with van der Waals surface area (Å²) < 4.78 is 28.0. The maximum absolute atomic E-state index is 11.5. The third-order valence-corrected chi connectivity index (χ3v) is 28.4. The zero-order valence-corrected chi connectivity index (χ0v) is 70.4. The number of ketones is 8. The van der Waals surface area contributed by atoms with Crippen LogP contribution in [0.3, 0.4) is 0 Å². The van der Waals surface area contributed by atoms with Crippen LogP contribution in [-0.4, -0.2) is 178 Å². The molecule has 8 rings (SSSR count). The second kappa shape index (κ2) is 43.1. The number of carbonyl (C=O) groups is 8. The number of Topliss-reactive ketones (excluding diaryl/α,β-unsaturated/α-hetero) is 8. The van der Waals surface area contributed by atoms with Crippen LogP contribution in [0.2, 0.25) is 0 Å². The van der Waals surface area contributed by atoms with Crippen molar-refractivity contribution < 1.29 is 56.6 Å². The first kappa shape index (κ1) is 96.0. The van der Waals surface area contributed by atoms with E-state index in [0.29, 0.717) is 77.5 Å². The highest BCUT2D eigenvalue weighted by Crippen LogP contribution is 2.41. The first-order valence-electron chi connectivity index (χ1n) is 39.4. The van der Waals surface area contributed by atoms with Gasteiger partial charge in [-0.05, 0) is 267 Å². The van der Waals surface area contributed by atoms with E-state index >= 15 is 0 Å². The SMILES string of the molecule is CC(=O)C(C)(C)C1CCC(O)CC1.CC(=O)C(C)(C)C1CCCCN1.CC(=O)C(C)(C)C1CCCCN1C.CC(=O)C(C)(C)C1CCCCO1.CC(=O)C(C)(C)C1CCCN(C)C1.CC(=O)C(C)(C)C1CCCNC1.CC(=O)C(C)(C)C1CCNCC1.CC(=O)C(C)(C)C1CCS(=O)(=O)CC1. The summed E-state index contributed by atoms with van der Waals surface area (Å²) in [5.74, 6) is 5.07. The number of rotatable bonds is 16. The van der Waals surface area contributed by atoms with Gasteiger partial charge in [-0.3, -0.25) is 38.4 Å². The van der Waals surface area contributed by atoms with Crippen molar-refractivity contribution in [3.05, 3.63) is 0 Å². The van der Waals surface area contributed by atoms with Gasteiger partial charge in [-0.2, -0.15) is 0 Å². The quantitative estimate of drug-likeness (QED) is 0.112. The highest BCUT2D eigenvalue weighted by Gasteiger charge is 2.42. The van der Waals surface area contributed by atoms with Gasteiger partial charge in [0, 0.05) is 68.6 Å². The summed E-state index contributed by atoms with van der Waals surface area (Å²) in [5, 5.41) is 19.4. The van der Waals surface area contributed by atoms with Crippen LogP contribution in [-0.2, 0) is 52.9 Å². The zero-order valence-electron chi connectivity index (χ0n) is 69.6. The number of sulfone groups is 1. The molecule has 5 unspecified atom stereocenters. The van der Waals surface area contributed by atoms with Gasteiger partial charge in [0.25, 0.3) is 0 Å². The van der Waals surface area contributed by atoms with Gasteiger partial charge in [0.15, 0.2) is 0 Å². The minimum atomic E-state index is -2.81. The van der Waals surface area contributed by atoms with E-state index < -0.39 is 9.84 Å². The molecule has 7 aliphatic heterocycles. The molecule has 7 saturated heterocycles. The molecule has 0 aromatic rings. The fraction of sp³-hybridized carbons (Fsp3) is 0.904. The van der Waals surface area contributed by atoms with E-state index in [1.54, 1.807) is 55.4 Å². The van der Waals surface area contributed by atoms with Crippen LogP contribution in [0.4, 0.5) is 0 Å². The van der Waals surface area contributed by atoms with Crippen molar-refractivity contribution in [2.24, 2.45) is 72.9 Å². The Hall–Kier alpha value is -2.97. The predicted molar refractivity (Wildman–Crippen MR) is 416 cm³/mol. The van der Waals surface area contributed by atoms with Crippen molar-refractivity contribution >= 4 is 56.1 Å². The van der Waals surface area contributed by atoms with Gasteiger partial charge >= 0.3 is 0 Å². The first-order chi connectivity index (χ1) is 46.3. The minimum Gasteiger partial charge on any atom is -0.393 e. The number of aliphatic hydroxyl groups is 1. The smallest absolute Gasteiger partial charge is 0.150 e. The molecule has 4 N–H and O–H groups in total. The number of aliphatic hydroxyl groups excluding tert-OH is 1. The van der Waals surface area contributed by atoms with Gasteiger partial charge in [-0.1, -0.05) is 124 Å². The lowest BCUT2D eigenvalue weighted by Gasteiger charge is -2.41. The number of nitrogens with one attached hydrogen (secondary N) is 3. The van der Waals surface area contributed by atoms with Gasteiger partial charge in [-0.25, -0.2) is 8.42 Å². The lowest BCUT2D eigenvalue weighted by atomic mass is 9.69. The molecule has 5 atom stereocenters. The maximum Gasteiger partial charge on any atom is 0.150 e. The fourth-order valence-electron chi connectivity index (χ4n) is 15.1. The lowest BCUT2D eigenvalue weighted by Crippen LogP contribution is -2.49. The van der Waals surface area contributed by atoms with E-state index in [1.165, 1.54) is 70.8 Å². The third kappa shape index (κ3) is 31.0. The summed E-state index contributed by atoms with van der Waals surface area (Å²) >= 11 is 0. The molecule has 17 nitrogen and oxygen atoms in total. The van der Waals surface area contributed by atoms with Crippen LogP contribution in [0, 0.1) is 72.9 Å². The standard InChI is InChI=1S/2C11H21NO.C11H20O2.3C10H19NO.C10H18O3S.C10H18O2/c1-9(13)11(2,3)10-6-5-7-12(4)8-10;1-9(13)11(2,3)10-7-5-6-8-12(10)4;1-8(12)11(2,3)9-4-6-10(13)7-5-9;1-8(12)10(2,3)9-4-6-11-7-5-9;1-8(12)10(2,3)9-5-4-6-11-7-9;1-8(12)10(2,3)9-6-4-5-7-11-9;1-8(11)10(2,3)9-4-6-14(12,13)7-5-9;1-8(11)10(2,3)9-6-4-5-7-12-9/h2*10H,5-8H2,1-4H3;9-10,13H,4-7H2,1-3H3;3*9,11H,4-7H2,1-3H3;9H,4-7H2,1-3H3;9H,4-7H2,1-3H3. The van der Waals surface area contributed by atoms with Gasteiger partial charge in [0.2, 0.25) is 0 Å². The molecule has 1 saturated carbocycles. The molecule has 0 spiro atoms. The number of piperidine rings is 5. The molecular weight excluding hydrogens is 1290 g/mol. The third-order valence-electron chi connectivity index (χ3n) is 26.6. The molecular formula is C83H155N5O12S. The molecule has 8 fully saturated rings. The van der Waals surface area contributed by atoms with Crippen molar-refractivity contribution in [2.45, 2.75) is 325 Å². The van der Waals surface area contributed by atoms with Crippen LogP contribution in [0.25, 0.3) is 0 Å². The number of likely N-dealkylation sites (tertiary alicyclic amines) is 2. The Bertz CT molecular complexity index is 2490. The Morgan fingerprint density at radius 3 is 1.19 bits per heavy atom. The summed E-state index contributed by atoms with van der Waals surface area (Å²) in [6.45, 7) is 55.5. The maximum atomic E-state index is 11.5. The molecule has 8 aliphatic rings. The summed E-state index contributed by atoms with van der Waals surface area (Å²) in [7, 11) is 1.46. The zero-order chi connectivity index (χ0) is 77.9. The summed E-state index contributed by atoms with van der Waals surface area (Å²) in [5.41, 5.74) is -1.57. The van der Waals surface area contributed by atoms with Crippen molar-refractivity contribution in [2.75, 3.05) is 84.6 Å². The molecule has 0 aromatic heterocycles. The van der Waals surface area contributed by atoms with E-state index in [4.69, 9.17) is 4.74 Å². The van der Waals surface area contributed by atoms with Gasteiger partial charge in [0.1, 0.15) is 56.1 Å². The Morgan fingerprint density at radius 2 is 0.792 bits per heavy atom. The summed E-state index contributed by atoms with van der Waals surface area (Å²) in [6, 6.07) is 0.836. The Kier molecular flexibility index (Phi) is 41.0. The van der Waals surface area contributed by atoms with Gasteiger partial charge in [-0.15, -0.1) is 0 Å².